The standard InChI is InChI=1S/C34H40FN3O3/c1-26-8-5-11-30-25-37(33(39)29-16-22-41-23-17-29)20-6-18-36(24-27-9-3-2-4-10-27)19-7-21-38(32(26)30)34(40)28-12-14-31(35)15-13-28/h2-5,8-15,29H,6-7,16-25H2,1H3. The number of carbonyl (C=O) groups is 2. The molecule has 2 aliphatic heterocycles. The summed E-state index contributed by atoms with van der Waals surface area (Å²) < 4.78 is 19.3. The number of halogens is 1. The molecule has 1 saturated heterocycles. The van der Waals surface area contributed by atoms with Crippen LogP contribution in [0.4, 0.5) is 10.1 Å². The first kappa shape index (κ1) is 29.0. The van der Waals surface area contributed by atoms with E-state index >= 15 is 0 Å². The number of ether oxygens (including phenoxy) is 1. The molecule has 5 rings (SSSR count). The number of aryl methyl sites for hydroxylation is 1. The summed E-state index contributed by atoms with van der Waals surface area (Å²) in [6.45, 7) is 7.36. The van der Waals surface area contributed by atoms with Crippen molar-refractivity contribution in [3.8, 4) is 0 Å². The van der Waals surface area contributed by atoms with Crippen LogP contribution >= 0.6 is 0 Å². The van der Waals surface area contributed by atoms with E-state index < -0.39 is 0 Å². The summed E-state index contributed by atoms with van der Waals surface area (Å²) in [4.78, 5) is 34.1. The zero-order chi connectivity index (χ0) is 28.6. The monoisotopic (exact) mass is 557 g/mol. The number of amides is 2. The molecule has 0 spiro atoms. The summed E-state index contributed by atoms with van der Waals surface area (Å²) in [5.41, 5.74) is 4.48. The van der Waals surface area contributed by atoms with Crippen LogP contribution in [0, 0.1) is 18.7 Å². The molecule has 3 aromatic rings. The summed E-state index contributed by atoms with van der Waals surface area (Å²) in [7, 11) is 0. The molecule has 216 valence electrons. The quantitative estimate of drug-likeness (QED) is 0.405. The molecule has 0 unspecified atom stereocenters. The first-order chi connectivity index (χ1) is 20.0. The van der Waals surface area contributed by atoms with Gasteiger partial charge in [0.15, 0.2) is 0 Å². The molecular formula is C34H40FN3O3. The maximum atomic E-state index is 14.0. The molecule has 0 aromatic heterocycles. The van der Waals surface area contributed by atoms with E-state index in [9.17, 15) is 14.0 Å². The van der Waals surface area contributed by atoms with Crippen LogP contribution in [0.25, 0.3) is 0 Å². The van der Waals surface area contributed by atoms with Gasteiger partial charge in [0.1, 0.15) is 5.82 Å². The van der Waals surface area contributed by atoms with Crippen molar-refractivity contribution < 1.29 is 18.7 Å². The topological polar surface area (TPSA) is 53.1 Å². The number of fused-ring (bicyclic) bond motifs is 1. The van der Waals surface area contributed by atoms with Crippen LogP contribution in [0.2, 0.25) is 0 Å². The van der Waals surface area contributed by atoms with Crippen molar-refractivity contribution in [1.82, 2.24) is 9.80 Å². The summed E-state index contributed by atoms with van der Waals surface area (Å²) in [6.07, 6.45) is 3.15. The van der Waals surface area contributed by atoms with Gasteiger partial charge in [0.2, 0.25) is 5.91 Å². The fraction of sp³-hybridized carbons (Fsp3) is 0.412. The van der Waals surface area contributed by atoms with Crippen molar-refractivity contribution in [3.05, 3.63) is 101 Å². The van der Waals surface area contributed by atoms with Crippen LogP contribution in [0.5, 0.6) is 0 Å². The van der Waals surface area contributed by atoms with Gasteiger partial charge in [0, 0.05) is 64.0 Å². The van der Waals surface area contributed by atoms with E-state index in [1.165, 1.54) is 17.7 Å². The molecule has 2 amide bonds. The van der Waals surface area contributed by atoms with Crippen molar-refractivity contribution in [3.63, 3.8) is 0 Å². The fourth-order valence-electron chi connectivity index (χ4n) is 6.02. The van der Waals surface area contributed by atoms with Crippen LogP contribution in [-0.4, -0.2) is 61.0 Å². The fourth-order valence-corrected chi connectivity index (χ4v) is 6.02. The molecule has 2 aliphatic rings. The summed E-state index contributed by atoms with van der Waals surface area (Å²) in [6, 6.07) is 22.2. The lowest BCUT2D eigenvalue weighted by molar-refractivity contribution is -0.139. The second-order valence-electron chi connectivity index (χ2n) is 11.2. The Hall–Kier alpha value is -3.55. The van der Waals surface area contributed by atoms with E-state index in [0.717, 1.165) is 62.1 Å². The van der Waals surface area contributed by atoms with Gasteiger partial charge < -0.3 is 14.5 Å². The lowest BCUT2D eigenvalue weighted by Crippen LogP contribution is -2.41. The molecule has 0 bridgehead atoms. The predicted molar refractivity (Wildman–Crippen MR) is 159 cm³/mol. The van der Waals surface area contributed by atoms with Crippen LogP contribution in [-0.2, 0) is 22.6 Å². The lowest BCUT2D eigenvalue weighted by Gasteiger charge is -2.34. The minimum absolute atomic E-state index is 0.0395. The Bertz CT molecular complexity index is 1310. The molecular weight excluding hydrogens is 517 g/mol. The molecule has 3 aromatic carbocycles. The highest BCUT2D eigenvalue weighted by Gasteiger charge is 2.29. The van der Waals surface area contributed by atoms with E-state index in [-0.39, 0.29) is 23.5 Å². The number of nitrogens with zero attached hydrogens (tertiary/aromatic N) is 3. The van der Waals surface area contributed by atoms with Crippen LogP contribution < -0.4 is 4.90 Å². The highest BCUT2D eigenvalue weighted by Crippen LogP contribution is 2.30. The number of rotatable bonds is 4. The molecule has 2 heterocycles. The van der Waals surface area contributed by atoms with Crippen molar-refractivity contribution in [2.75, 3.05) is 44.3 Å². The Balaban J connectivity index is 1.49. The van der Waals surface area contributed by atoms with E-state index in [4.69, 9.17) is 4.74 Å². The van der Waals surface area contributed by atoms with Crippen LogP contribution in [0.1, 0.15) is 52.7 Å². The molecule has 41 heavy (non-hydrogen) atoms. The summed E-state index contributed by atoms with van der Waals surface area (Å²) in [5.74, 6) is -0.397. The maximum Gasteiger partial charge on any atom is 0.258 e. The van der Waals surface area contributed by atoms with Gasteiger partial charge in [0.25, 0.3) is 5.91 Å². The highest BCUT2D eigenvalue weighted by atomic mass is 19.1. The third kappa shape index (κ3) is 7.40. The van der Waals surface area contributed by atoms with Gasteiger partial charge in [-0.25, -0.2) is 4.39 Å². The van der Waals surface area contributed by atoms with Gasteiger partial charge in [-0.1, -0.05) is 48.5 Å². The first-order valence-corrected chi connectivity index (χ1v) is 14.8. The molecule has 6 nitrogen and oxygen atoms in total. The van der Waals surface area contributed by atoms with Gasteiger partial charge in [-0.2, -0.15) is 0 Å². The van der Waals surface area contributed by atoms with Gasteiger partial charge in [-0.05, 0) is 73.6 Å². The summed E-state index contributed by atoms with van der Waals surface area (Å²) in [5, 5.41) is 0. The minimum atomic E-state index is -0.370. The van der Waals surface area contributed by atoms with E-state index in [1.807, 2.05) is 41.0 Å². The Morgan fingerprint density at radius 3 is 2.29 bits per heavy atom. The van der Waals surface area contributed by atoms with E-state index in [0.29, 0.717) is 38.4 Å². The van der Waals surface area contributed by atoms with Crippen molar-refractivity contribution in [2.45, 2.75) is 45.7 Å². The summed E-state index contributed by atoms with van der Waals surface area (Å²) >= 11 is 0. The number of hydrogen-bond acceptors (Lipinski definition) is 4. The number of carbonyl (C=O) groups excluding carboxylic acids is 2. The third-order valence-electron chi connectivity index (χ3n) is 8.18. The van der Waals surface area contributed by atoms with Crippen molar-refractivity contribution in [1.29, 1.82) is 0 Å². The highest BCUT2D eigenvalue weighted by molar-refractivity contribution is 6.07. The molecule has 0 N–H and O–H groups in total. The smallest absolute Gasteiger partial charge is 0.258 e. The molecule has 0 saturated carbocycles. The average molecular weight is 558 g/mol. The average Bonchev–Trinajstić information content (AvgIpc) is 2.99. The van der Waals surface area contributed by atoms with E-state index in [1.54, 1.807) is 12.1 Å². The van der Waals surface area contributed by atoms with E-state index in [2.05, 4.69) is 29.2 Å². The van der Waals surface area contributed by atoms with Crippen molar-refractivity contribution >= 4 is 17.5 Å². The number of benzene rings is 3. The Labute approximate surface area is 242 Å². The normalized spacial score (nSPS) is 17.8. The van der Waals surface area contributed by atoms with Crippen molar-refractivity contribution in [2.24, 2.45) is 5.92 Å². The number of para-hydroxylation sites is 1. The SMILES string of the molecule is Cc1cccc2c1N(C(=O)c1ccc(F)cc1)CCCN(Cc1ccccc1)CCCN(C(=O)C1CCOCC1)C2. The largest absolute Gasteiger partial charge is 0.381 e. The molecule has 1 fully saturated rings. The number of anilines is 1. The Morgan fingerprint density at radius 2 is 1.56 bits per heavy atom. The molecule has 7 heteroatoms. The number of hydrogen-bond donors (Lipinski definition) is 0. The van der Waals surface area contributed by atoms with Gasteiger partial charge in [-0.3, -0.25) is 14.5 Å². The maximum absolute atomic E-state index is 14.0. The van der Waals surface area contributed by atoms with Crippen LogP contribution in [0.15, 0.2) is 72.8 Å². The molecule has 0 atom stereocenters. The zero-order valence-corrected chi connectivity index (χ0v) is 23.9. The van der Waals surface area contributed by atoms with Gasteiger partial charge >= 0.3 is 0 Å². The second-order valence-corrected chi connectivity index (χ2v) is 11.2. The van der Waals surface area contributed by atoms with Gasteiger partial charge in [-0.15, -0.1) is 0 Å². The Kier molecular flexibility index (Phi) is 9.80. The third-order valence-corrected chi connectivity index (χ3v) is 8.18. The second kappa shape index (κ2) is 13.9. The lowest BCUT2D eigenvalue weighted by atomic mass is 9.97. The molecule has 0 radical (unpaired) electrons. The first-order valence-electron chi connectivity index (χ1n) is 14.8. The van der Waals surface area contributed by atoms with Gasteiger partial charge in [0.05, 0.1) is 5.69 Å². The Morgan fingerprint density at radius 1 is 0.854 bits per heavy atom. The predicted octanol–water partition coefficient (Wildman–Crippen LogP) is 5.83. The zero-order valence-electron chi connectivity index (χ0n) is 23.9. The molecule has 0 aliphatic carbocycles. The minimum Gasteiger partial charge on any atom is -0.381 e. The van der Waals surface area contributed by atoms with Crippen LogP contribution in [0.3, 0.4) is 0 Å².